The molecule has 0 unspecified atom stereocenters. The summed E-state index contributed by atoms with van der Waals surface area (Å²) in [5, 5.41) is 3.60. The van der Waals surface area contributed by atoms with Crippen LogP contribution >= 0.6 is 11.6 Å². The van der Waals surface area contributed by atoms with Gasteiger partial charge in [-0.05, 0) is 30.3 Å². The summed E-state index contributed by atoms with van der Waals surface area (Å²) in [6.07, 6.45) is 0. The lowest BCUT2D eigenvalue weighted by molar-refractivity contribution is 0.0602. The molecule has 0 radical (unpaired) electrons. The highest BCUT2D eigenvalue weighted by Gasteiger charge is 2.13. The molecule has 0 heterocycles. The van der Waals surface area contributed by atoms with Gasteiger partial charge in [0, 0.05) is 5.02 Å². The minimum Gasteiger partial charge on any atom is -0.465 e. The summed E-state index contributed by atoms with van der Waals surface area (Å²) < 4.78 is 4.73. The fourth-order valence-corrected chi connectivity index (χ4v) is 1.84. The van der Waals surface area contributed by atoms with Crippen molar-refractivity contribution in [2.24, 2.45) is 0 Å². The number of carbonyl (C=O) groups excluding carboxylic acids is 1. The number of hydrogen-bond donors (Lipinski definition) is 2. The van der Waals surface area contributed by atoms with E-state index in [0.29, 0.717) is 27.6 Å². The number of methoxy groups -OCH3 is 1. The van der Waals surface area contributed by atoms with Crippen LogP contribution in [-0.4, -0.2) is 13.1 Å². The third-order valence-electron chi connectivity index (χ3n) is 2.62. The molecule has 0 aromatic heterocycles. The normalized spacial score (nSPS) is 10.0. The largest absolute Gasteiger partial charge is 0.465 e. The fraction of sp³-hybridized carbons (Fsp3) is 0.0714. The van der Waals surface area contributed by atoms with Gasteiger partial charge in [-0.2, -0.15) is 0 Å². The highest BCUT2D eigenvalue weighted by molar-refractivity contribution is 6.31. The zero-order valence-corrected chi connectivity index (χ0v) is 11.1. The van der Waals surface area contributed by atoms with Gasteiger partial charge in [-0.1, -0.05) is 23.7 Å². The molecule has 3 N–H and O–H groups in total. The van der Waals surface area contributed by atoms with Gasteiger partial charge in [0.25, 0.3) is 0 Å². The number of ether oxygens (including phenoxy) is 1. The molecule has 0 saturated heterocycles. The van der Waals surface area contributed by atoms with Crippen LogP contribution in [-0.2, 0) is 4.74 Å². The molecule has 2 aromatic carbocycles. The van der Waals surface area contributed by atoms with Crippen LogP contribution in [0.15, 0.2) is 42.5 Å². The molecule has 0 aliphatic carbocycles. The second-order valence-corrected chi connectivity index (χ2v) is 4.33. The van der Waals surface area contributed by atoms with Gasteiger partial charge >= 0.3 is 5.97 Å². The monoisotopic (exact) mass is 276 g/mol. The SMILES string of the molecule is COC(=O)c1ccc(Cl)cc1Nc1ccccc1N. The highest BCUT2D eigenvalue weighted by atomic mass is 35.5. The maximum absolute atomic E-state index is 11.7. The summed E-state index contributed by atoms with van der Waals surface area (Å²) in [5.41, 5.74) is 8.09. The van der Waals surface area contributed by atoms with E-state index in [2.05, 4.69) is 5.32 Å². The Hall–Kier alpha value is -2.20. The van der Waals surface area contributed by atoms with Crippen LogP contribution in [0.3, 0.4) is 0 Å². The van der Waals surface area contributed by atoms with Gasteiger partial charge in [0.1, 0.15) is 0 Å². The summed E-state index contributed by atoms with van der Waals surface area (Å²) in [4.78, 5) is 11.7. The van der Waals surface area contributed by atoms with E-state index >= 15 is 0 Å². The van der Waals surface area contributed by atoms with E-state index in [0.717, 1.165) is 0 Å². The molecule has 4 nitrogen and oxygen atoms in total. The van der Waals surface area contributed by atoms with Crippen molar-refractivity contribution in [3.05, 3.63) is 53.1 Å². The van der Waals surface area contributed by atoms with Crippen LogP contribution in [0, 0.1) is 0 Å². The average Bonchev–Trinajstić information content (AvgIpc) is 2.41. The Balaban J connectivity index is 2.41. The number of esters is 1. The van der Waals surface area contributed by atoms with Crippen molar-refractivity contribution in [2.45, 2.75) is 0 Å². The van der Waals surface area contributed by atoms with E-state index in [4.69, 9.17) is 22.1 Å². The van der Waals surface area contributed by atoms with E-state index in [9.17, 15) is 4.79 Å². The van der Waals surface area contributed by atoms with E-state index in [1.165, 1.54) is 7.11 Å². The third kappa shape index (κ3) is 2.98. The molecule has 0 aliphatic rings. The molecule has 0 spiro atoms. The third-order valence-corrected chi connectivity index (χ3v) is 2.85. The first-order valence-corrected chi connectivity index (χ1v) is 5.99. The number of carbonyl (C=O) groups is 1. The zero-order chi connectivity index (χ0) is 13.8. The van der Waals surface area contributed by atoms with Crippen molar-refractivity contribution in [3.8, 4) is 0 Å². The van der Waals surface area contributed by atoms with Crippen LogP contribution < -0.4 is 11.1 Å². The second kappa shape index (κ2) is 5.63. The van der Waals surface area contributed by atoms with Gasteiger partial charge in [0.05, 0.1) is 29.7 Å². The van der Waals surface area contributed by atoms with E-state index in [1.54, 1.807) is 24.3 Å². The highest BCUT2D eigenvalue weighted by Crippen LogP contribution is 2.28. The lowest BCUT2D eigenvalue weighted by Gasteiger charge is -2.12. The molecule has 2 aromatic rings. The Labute approximate surface area is 116 Å². The molecule has 0 amide bonds. The van der Waals surface area contributed by atoms with Crippen LogP contribution in [0.1, 0.15) is 10.4 Å². The summed E-state index contributed by atoms with van der Waals surface area (Å²) in [5.74, 6) is -0.436. The van der Waals surface area contributed by atoms with Crippen molar-refractivity contribution in [2.75, 3.05) is 18.2 Å². The van der Waals surface area contributed by atoms with Crippen LogP contribution in [0.5, 0.6) is 0 Å². The van der Waals surface area contributed by atoms with Crippen molar-refractivity contribution >= 4 is 34.6 Å². The predicted octanol–water partition coefficient (Wildman–Crippen LogP) is 3.45. The molecular formula is C14H13ClN2O2. The molecule has 0 aliphatic heterocycles. The number of halogens is 1. The maximum Gasteiger partial charge on any atom is 0.339 e. The molecule has 0 bridgehead atoms. The Morgan fingerprint density at radius 1 is 1.21 bits per heavy atom. The lowest BCUT2D eigenvalue weighted by Crippen LogP contribution is -2.06. The second-order valence-electron chi connectivity index (χ2n) is 3.89. The molecule has 0 saturated carbocycles. The standard InChI is InChI=1S/C14H13ClN2O2/c1-19-14(18)10-7-6-9(15)8-13(10)17-12-5-3-2-4-11(12)16/h2-8,17H,16H2,1H3. The van der Waals surface area contributed by atoms with Gasteiger partial charge in [-0.25, -0.2) is 4.79 Å². The number of nitrogens with two attached hydrogens (primary N) is 1. The number of anilines is 3. The molecule has 98 valence electrons. The molecule has 2 rings (SSSR count). The first-order valence-electron chi connectivity index (χ1n) is 5.61. The molecule has 19 heavy (non-hydrogen) atoms. The summed E-state index contributed by atoms with van der Waals surface area (Å²) in [7, 11) is 1.33. The summed E-state index contributed by atoms with van der Waals surface area (Å²) in [6.45, 7) is 0. The van der Waals surface area contributed by atoms with E-state index in [1.807, 2.05) is 18.2 Å². The molecular weight excluding hydrogens is 264 g/mol. The number of nitrogens with one attached hydrogen (secondary N) is 1. The quantitative estimate of drug-likeness (QED) is 0.666. The van der Waals surface area contributed by atoms with Gasteiger partial charge in [-0.3, -0.25) is 0 Å². The first-order chi connectivity index (χ1) is 9.11. The van der Waals surface area contributed by atoms with Crippen molar-refractivity contribution in [3.63, 3.8) is 0 Å². The molecule has 5 heteroatoms. The van der Waals surface area contributed by atoms with E-state index in [-0.39, 0.29) is 0 Å². The average molecular weight is 277 g/mol. The number of hydrogen-bond acceptors (Lipinski definition) is 4. The Morgan fingerprint density at radius 3 is 2.63 bits per heavy atom. The van der Waals surface area contributed by atoms with Crippen LogP contribution in [0.25, 0.3) is 0 Å². The van der Waals surface area contributed by atoms with Gasteiger partial charge in [-0.15, -0.1) is 0 Å². The maximum atomic E-state index is 11.7. The number of rotatable bonds is 3. The van der Waals surface area contributed by atoms with E-state index < -0.39 is 5.97 Å². The van der Waals surface area contributed by atoms with Gasteiger partial charge in [0.15, 0.2) is 0 Å². The number of nitrogen functional groups attached to an aromatic ring is 1. The minimum atomic E-state index is -0.436. The lowest BCUT2D eigenvalue weighted by atomic mass is 10.1. The Morgan fingerprint density at radius 2 is 1.95 bits per heavy atom. The number of para-hydroxylation sites is 2. The molecule has 0 atom stereocenters. The predicted molar refractivity (Wildman–Crippen MR) is 76.9 cm³/mol. The topological polar surface area (TPSA) is 64.3 Å². The van der Waals surface area contributed by atoms with Gasteiger partial charge in [0.2, 0.25) is 0 Å². The van der Waals surface area contributed by atoms with Crippen molar-refractivity contribution in [1.29, 1.82) is 0 Å². The Kier molecular flexibility index (Phi) is 3.92. The van der Waals surface area contributed by atoms with Crippen LogP contribution in [0.4, 0.5) is 17.1 Å². The van der Waals surface area contributed by atoms with Crippen molar-refractivity contribution in [1.82, 2.24) is 0 Å². The summed E-state index contributed by atoms with van der Waals surface area (Å²) >= 11 is 5.95. The first kappa shape index (κ1) is 13.2. The zero-order valence-electron chi connectivity index (χ0n) is 10.3. The smallest absolute Gasteiger partial charge is 0.339 e. The summed E-state index contributed by atoms with van der Waals surface area (Å²) in [6, 6.07) is 12.2. The van der Waals surface area contributed by atoms with Crippen LogP contribution in [0.2, 0.25) is 5.02 Å². The Bertz CT molecular complexity index is 614. The van der Waals surface area contributed by atoms with Gasteiger partial charge < -0.3 is 15.8 Å². The molecule has 0 fully saturated rings. The number of benzene rings is 2. The van der Waals surface area contributed by atoms with Crippen molar-refractivity contribution < 1.29 is 9.53 Å². The minimum absolute atomic E-state index is 0.398. The fourth-order valence-electron chi connectivity index (χ4n) is 1.66.